The standard InChI is InChI=1S/C17H22N4O2S.2ClH/c1-11-7-12(8-18)9-21(11)16(22)15-10-24-17(20-15)19-13-3-5-14(23-2)6-4-13;;/h3-6,10-12H,7-9,18H2,1-2H3,(H,19,20);2*1H. The molecule has 2 unspecified atom stereocenters. The van der Waals surface area contributed by atoms with Crippen LogP contribution in [-0.4, -0.2) is 42.0 Å². The van der Waals surface area contributed by atoms with Gasteiger partial charge in [0.25, 0.3) is 5.91 Å². The van der Waals surface area contributed by atoms with E-state index in [1.165, 1.54) is 11.3 Å². The number of rotatable bonds is 5. The van der Waals surface area contributed by atoms with Crippen LogP contribution in [0.3, 0.4) is 0 Å². The third-order valence-corrected chi connectivity index (χ3v) is 5.08. The highest BCUT2D eigenvalue weighted by atomic mass is 35.5. The first-order valence-corrected chi connectivity index (χ1v) is 8.86. The summed E-state index contributed by atoms with van der Waals surface area (Å²) >= 11 is 1.42. The third kappa shape index (κ3) is 5.01. The topological polar surface area (TPSA) is 80.5 Å². The van der Waals surface area contributed by atoms with Crippen LogP contribution in [0.4, 0.5) is 10.8 Å². The van der Waals surface area contributed by atoms with Gasteiger partial charge in [-0.1, -0.05) is 0 Å². The molecule has 1 aliphatic rings. The molecule has 9 heteroatoms. The fourth-order valence-electron chi connectivity index (χ4n) is 2.97. The highest BCUT2D eigenvalue weighted by Crippen LogP contribution is 2.27. The highest BCUT2D eigenvalue weighted by Gasteiger charge is 2.33. The van der Waals surface area contributed by atoms with E-state index in [0.717, 1.165) is 24.4 Å². The van der Waals surface area contributed by atoms with Crippen molar-refractivity contribution in [2.45, 2.75) is 19.4 Å². The van der Waals surface area contributed by atoms with Crippen LogP contribution in [-0.2, 0) is 0 Å². The molecule has 0 spiro atoms. The molecule has 144 valence electrons. The van der Waals surface area contributed by atoms with E-state index in [4.69, 9.17) is 10.5 Å². The molecule has 1 fully saturated rings. The molecule has 2 atom stereocenters. The SMILES string of the molecule is COc1ccc(Nc2nc(C(=O)N3CC(CN)CC3C)cs2)cc1.Cl.Cl. The molecule has 1 aliphatic heterocycles. The molecule has 0 aliphatic carbocycles. The monoisotopic (exact) mass is 418 g/mol. The van der Waals surface area contributed by atoms with Crippen LogP contribution in [0.5, 0.6) is 5.75 Å². The number of halogens is 2. The summed E-state index contributed by atoms with van der Waals surface area (Å²) in [7, 11) is 1.63. The van der Waals surface area contributed by atoms with E-state index in [9.17, 15) is 4.79 Å². The molecular weight excluding hydrogens is 395 g/mol. The maximum Gasteiger partial charge on any atom is 0.273 e. The van der Waals surface area contributed by atoms with Crippen molar-refractivity contribution < 1.29 is 9.53 Å². The molecular formula is C17H24Cl2N4O2S. The van der Waals surface area contributed by atoms with Gasteiger partial charge in [0.1, 0.15) is 11.4 Å². The Bertz CT molecular complexity index is 711. The molecule has 0 radical (unpaired) electrons. The number of carbonyl (C=O) groups is 1. The lowest BCUT2D eigenvalue weighted by atomic mass is 10.1. The largest absolute Gasteiger partial charge is 0.497 e. The van der Waals surface area contributed by atoms with E-state index in [1.54, 1.807) is 12.5 Å². The number of aromatic nitrogens is 1. The summed E-state index contributed by atoms with van der Waals surface area (Å²) in [4.78, 5) is 19.0. The van der Waals surface area contributed by atoms with Crippen molar-refractivity contribution in [1.29, 1.82) is 0 Å². The van der Waals surface area contributed by atoms with Crippen molar-refractivity contribution in [1.82, 2.24) is 9.88 Å². The van der Waals surface area contributed by atoms with Crippen molar-refractivity contribution in [3.8, 4) is 5.75 Å². The number of carbonyl (C=O) groups excluding carboxylic acids is 1. The Morgan fingerprint density at radius 3 is 2.65 bits per heavy atom. The average Bonchev–Trinajstić information content (AvgIpc) is 3.21. The number of nitrogens with zero attached hydrogens (tertiary/aromatic N) is 2. The van der Waals surface area contributed by atoms with E-state index in [2.05, 4.69) is 17.2 Å². The van der Waals surface area contributed by atoms with Gasteiger partial charge in [0.15, 0.2) is 5.13 Å². The number of anilines is 2. The molecule has 1 amide bonds. The Hall–Kier alpha value is -1.54. The summed E-state index contributed by atoms with van der Waals surface area (Å²) in [5.74, 6) is 1.17. The van der Waals surface area contributed by atoms with Gasteiger partial charge in [-0.05, 0) is 50.1 Å². The fourth-order valence-corrected chi connectivity index (χ4v) is 3.68. The second-order valence-electron chi connectivity index (χ2n) is 6.04. The Balaban J connectivity index is 0.00000169. The van der Waals surface area contributed by atoms with E-state index in [-0.39, 0.29) is 36.8 Å². The van der Waals surface area contributed by atoms with Crippen molar-refractivity contribution >= 4 is 52.9 Å². The molecule has 26 heavy (non-hydrogen) atoms. The normalized spacial score (nSPS) is 18.7. The van der Waals surface area contributed by atoms with E-state index in [1.807, 2.05) is 29.2 Å². The van der Waals surface area contributed by atoms with Gasteiger partial charge in [0.2, 0.25) is 0 Å². The molecule has 1 aromatic heterocycles. The first kappa shape index (κ1) is 22.5. The highest BCUT2D eigenvalue weighted by molar-refractivity contribution is 7.14. The Kier molecular flexibility index (Phi) is 8.62. The molecule has 3 N–H and O–H groups in total. The number of methoxy groups -OCH3 is 1. The molecule has 0 bridgehead atoms. The smallest absolute Gasteiger partial charge is 0.273 e. The first-order valence-electron chi connectivity index (χ1n) is 7.98. The van der Waals surface area contributed by atoms with Crippen LogP contribution >= 0.6 is 36.2 Å². The minimum Gasteiger partial charge on any atom is -0.497 e. The van der Waals surface area contributed by atoms with Crippen LogP contribution < -0.4 is 15.8 Å². The predicted molar refractivity (Wildman–Crippen MR) is 111 cm³/mol. The number of likely N-dealkylation sites (tertiary alicyclic amines) is 1. The number of thiazole rings is 1. The van der Waals surface area contributed by atoms with E-state index in [0.29, 0.717) is 23.3 Å². The molecule has 2 heterocycles. The van der Waals surface area contributed by atoms with Gasteiger partial charge in [-0.2, -0.15) is 0 Å². The van der Waals surface area contributed by atoms with Crippen molar-refractivity contribution in [3.63, 3.8) is 0 Å². The lowest BCUT2D eigenvalue weighted by Gasteiger charge is -2.20. The number of ether oxygens (including phenoxy) is 1. The van der Waals surface area contributed by atoms with Crippen LogP contribution in [0.2, 0.25) is 0 Å². The van der Waals surface area contributed by atoms with E-state index < -0.39 is 0 Å². The van der Waals surface area contributed by atoms with Crippen LogP contribution in [0.15, 0.2) is 29.6 Å². The quantitative estimate of drug-likeness (QED) is 0.775. The zero-order valence-electron chi connectivity index (χ0n) is 14.7. The average molecular weight is 419 g/mol. The number of hydrogen-bond acceptors (Lipinski definition) is 6. The van der Waals surface area contributed by atoms with Crippen molar-refractivity contribution in [2.75, 3.05) is 25.5 Å². The van der Waals surface area contributed by atoms with Crippen molar-refractivity contribution in [3.05, 3.63) is 35.3 Å². The van der Waals surface area contributed by atoms with Gasteiger partial charge in [-0.15, -0.1) is 36.2 Å². The second kappa shape index (κ2) is 9.97. The molecule has 3 rings (SSSR count). The molecule has 1 saturated heterocycles. The second-order valence-corrected chi connectivity index (χ2v) is 6.89. The van der Waals surface area contributed by atoms with Crippen LogP contribution in [0.25, 0.3) is 0 Å². The Morgan fingerprint density at radius 1 is 1.38 bits per heavy atom. The maximum absolute atomic E-state index is 12.7. The molecule has 6 nitrogen and oxygen atoms in total. The zero-order chi connectivity index (χ0) is 17.1. The lowest BCUT2D eigenvalue weighted by Crippen LogP contribution is -2.34. The summed E-state index contributed by atoms with van der Waals surface area (Å²) in [5, 5.41) is 5.72. The molecule has 2 aromatic rings. The fraction of sp³-hybridized carbons (Fsp3) is 0.412. The Labute approximate surface area is 169 Å². The van der Waals surface area contributed by atoms with E-state index >= 15 is 0 Å². The third-order valence-electron chi connectivity index (χ3n) is 4.32. The summed E-state index contributed by atoms with van der Waals surface area (Å²) in [6.07, 6.45) is 0.962. The number of nitrogens with two attached hydrogens (primary N) is 1. The summed E-state index contributed by atoms with van der Waals surface area (Å²) < 4.78 is 5.14. The molecule has 1 aromatic carbocycles. The summed E-state index contributed by atoms with van der Waals surface area (Å²) in [6.45, 7) is 3.40. The van der Waals surface area contributed by atoms with Crippen molar-refractivity contribution in [2.24, 2.45) is 11.7 Å². The van der Waals surface area contributed by atoms with Gasteiger partial charge in [0.05, 0.1) is 7.11 Å². The first-order chi connectivity index (χ1) is 11.6. The number of nitrogens with one attached hydrogen (secondary N) is 1. The number of benzene rings is 1. The van der Waals surface area contributed by atoms with Crippen LogP contribution in [0, 0.1) is 5.92 Å². The minimum atomic E-state index is -0.0162. The lowest BCUT2D eigenvalue weighted by molar-refractivity contribution is 0.0738. The maximum atomic E-state index is 12.7. The van der Waals surface area contributed by atoms with Gasteiger partial charge in [-0.3, -0.25) is 4.79 Å². The Morgan fingerprint density at radius 2 is 2.08 bits per heavy atom. The minimum absolute atomic E-state index is 0. The van der Waals surface area contributed by atoms with Gasteiger partial charge >= 0.3 is 0 Å². The number of hydrogen-bond donors (Lipinski definition) is 2. The predicted octanol–water partition coefficient (Wildman–Crippen LogP) is 3.55. The van der Waals surface area contributed by atoms with Gasteiger partial charge in [0, 0.05) is 23.7 Å². The number of amides is 1. The van der Waals surface area contributed by atoms with Gasteiger partial charge < -0.3 is 20.7 Å². The summed E-state index contributed by atoms with van der Waals surface area (Å²) in [5.41, 5.74) is 7.13. The summed E-state index contributed by atoms with van der Waals surface area (Å²) in [6, 6.07) is 7.79. The van der Waals surface area contributed by atoms with Gasteiger partial charge in [-0.25, -0.2) is 4.98 Å². The van der Waals surface area contributed by atoms with Crippen LogP contribution in [0.1, 0.15) is 23.8 Å². The zero-order valence-corrected chi connectivity index (χ0v) is 17.1. The molecule has 0 saturated carbocycles.